The number of ether oxygens (including phenoxy) is 1. The molecule has 0 aliphatic heterocycles. The van der Waals surface area contributed by atoms with Crippen LogP contribution in [0.5, 0.6) is 0 Å². The monoisotopic (exact) mass is 260 g/mol. The molecule has 0 radical (unpaired) electrons. The van der Waals surface area contributed by atoms with Crippen LogP contribution in [0.1, 0.15) is 17.4 Å². The highest BCUT2D eigenvalue weighted by molar-refractivity contribution is 5.94. The molecule has 18 heavy (non-hydrogen) atoms. The Morgan fingerprint density at radius 3 is 2.83 bits per heavy atom. The summed E-state index contributed by atoms with van der Waals surface area (Å²) in [5.41, 5.74) is 0.0830. The van der Waals surface area contributed by atoms with Gasteiger partial charge in [-0.3, -0.25) is 9.59 Å². The van der Waals surface area contributed by atoms with Crippen molar-refractivity contribution in [3.63, 3.8) is 0 Å². The smallest absolute Gasteiger partial charge is 0.325 e. The third-order valence-electron chi connectivity index (χ3n) is 2.10. The molecule has 0 saturated carbocycles. The second kappa shape index (κ2) is 6.73. The Bertz CT molecular complexity index is 418. The van der Waals surface area contributed by atoms with E-state index in [1.807, 2.05) is 0 Å². The van der Waals surface area contributed by atoms with Crippen LogP contribution in [0.25, 0.3) is 0 Å². The molecule has 100 valence electrons. The largest absolute Gasteiger partial charge is 0.465 e. The molecule has 5 nitrogen and oxygen atoms in total. The molecule has 0 aliphatic carbocycles. The lowest BCUT2D eigenvalue weighted by Gasteiger charge is -2.08. The summed E-state index contributed by atoms with van der Waals surface area (Å²) in [5.74, 6) is -1.16. The van der Waals surface area contributed by atoms with Gasteiger partial charge in [-0.2, -0.15) is 0 Å². The summed E-state index contributed by atoms with van der Waals surface area (Å²) < 4.78 is 30.2. The van der Waals surface area contributed by atoms with Crippen LogP contribution < -0.4 is 5.32 Å². The van der Waals surface area contributed by atoms with Crippen LogP contribution in [0, 0.1) is 0 Å². The number of aromatic nitrogens is 1. The van der Waals surface area contributed by atoms with Gasteiger partial charge in [0.05, 0.1) is 13.2 Å². The summed E-state index contributed by atoms with van der Waals surface area (Å²) in [4.78, 5) is 22.6. The molecule has 0 saturated heterocycles. The second-order valence-electron chi connectivity index (χ2n) is 3.42. The number of carbonyl (C=O) groups excluding carboxylic acids is 2. The number of nitrogens with one attached hydrogen (secondary N) is 1. The number of esters is 1. The van der Waals surface area contributed by atoms with Crippen molar-refractivity contribution in [1.82, 2.24) is 9.88 Å². The van der Waals surface area contributed by atoms with E-state index in [0.717, 1.165) is 4.57 Å². The number of hydrogen-bond acceptors (Lipinski definition) is 3. The van der Waals surface area contributed by atoms with Gasteiger partial charge in [-0.25, -0.2) is 8.78 Å². The molecule has 0 aromatic carbocycles. The van der Waals surface area contributed by atoms with E-state index in [1.165, 1.54) is 18.3 Å². The van der Waals surface area contributed by atoms with E-state index in [2.05, 4.69) is 10.1 Å². The highest BCUT2D eigenvalue weighted by Crippen LogP contribution is 2.06. The first-order valence-electron chi connectivity index (χ1n) is 5.41. The average Bonchev–Trinajstić information content (AvgIpc) is 2.73. The lowest BCUT2D eigenvalue weighted by Crippen LogP contribution is -2.32. The van der Waals surface area contributed by atoms with Gasteiger partial charge in [0.1, 0.15) is 12.2 Å². The molecule has 1 aromatic rings. The maximum atomic E-state index is 12.2. The summed E-state index contributed by atoms with van der Waals surface area (Å²) in [6, 6.07) is 2.89. The van der Waals surface area contributed by atoms with E-state index in [4.69, 9.17) is 0 Å². The van der Waals surface area contributed by atoms with Crippen LogP contribution in [0.15, 0.2) is 18.3 Å². The number of hydrogen-bond donors (Lipinski definition) is 1. The van der Waals surface area contributed by atoms with E-state index in [-0.39, 0.29) is 18.8 Å². The lowest BCUT2D eigenvalue weighted by atomic mass is 10.4. The van der Waals surface area contributed by atoms with Gasteiger partial charge >= 0.3 is 5.97 Å². The molecule has 0 atom stereocenters. The van der Waals surface area contributed by atoms with Gasteiger partial charge in [0.2, 0.25) is 0 Å². The Morgan fingerprint density at radius 1 is 1.50 bits per heavy atom. The molecule has 0 unspecified atom stereocenters. The predicted molar refractivity (Wildman–Crippen MR) is 59.4 cm³/mol. The number of alkyl halides is 2. The average molecular weight is 260 g/mol. The first-order chi connectivity index (χ1) is 8.54. The molecule has 1 aromatic heterocycles. The summed E-state index contributed by atoms with van der Waals surface area (Å²) in [6.07, 6.45) is -1.17. The minimum atomic E-state index is -2.55. The topological polar surface area (TPSA) is 60.3 Å². The van der Waals surface area contributed by atoms with E-state index < -0.39 is 24.8 Å². The molecule has 1 rings (SSSR count). The Kier molecular flexibility index (Phi) is 5.29. The van der Waals surface area contributed by atoms with Crippen LogP contribution in [-0.4, -0.2) is 36.0 Å². The Hall–Kier alpha value is -1.92. The van der Waals surface area contributed by atoms with Gasteiger partial charge in [0, 0.05) is 6.20 Å². The Labute approximate surface area is 103 Å². The minimum absolute atomic E-state index is 0.0830. The summed E-state index contributed by atoms with van der Waals surface area (Å²) in [5, 5.41) is 2.30. The molecule has 7 heteroatoms. The summed E-state index contributed by atoms with van der Waals surface area (Å²) in [6.45, 7) is 1.02. The van der Waals surface area contributed by atoms with Crippen LogP contribution in [0.2, 0.25) is 0 Å². The van der Waals surface area contributed by atoms with Gasteiger partial charge in [0.15, 0.2) is 0 Å². The van der Waals surface area contributed by atoms with Crippen molar-refractivity contribution in [2.24, 2.45) is 0 Å². The first kappa shape index (κ1) is 14.1. The van der Waals surface area contributed by atoms with E-state index in [1.54, 1.807) is 6.92 Å². The Morgan fingerprint density at radius 2 is 2.22 bits per heavy atom. The van der Waals surface area contributed by atoms with Crippen LogP contribution in [-0.2, 0) is 16.1 Å². The van der Waals surface area contributed by atoms with E-state index in [9.17, 15) is 18.4 Å². The maximum absolute atomic E-state index is 12.2. The SMILES string of the molecule is CCOC(=O)CNC(=O)c1cccn1CC(F)F. The lowest BCUT2D eigenvalue weighted by molar-refractivity contribution is -0.141. The van der Waals surface area contributed by atoms with Crippen LogP contribution in [0.4, 0.5) is 8.78 Å². The third-order valence-corrected chi connectivity index (χ3v) is 2.10. The fourth-order valence-corrected chi connectivity index (χ4v) is 1.38. The number of nitrogens with zero attached hydrogens (tertiary/aromatic N) is 1. The number of halogens is 2. The van der Waals surface area contributed by atoms with Crippen molar-refractivity contribution < 1.29 is 23.1 Å². The zero-order chi connectivity index (χ0) is 13.5. The molecular weight excluding hydrogens is 246 g/mol. The summed E-state index contributed by atoms with van der Waals surface area (Å²) in [7, 11) is 0. The minimum Gasteiger partial charge on any atom is -0.465 e. The van der Waals surface area contributed by atoms with Gasteiger partial charge < -0.3 is 14.6 Å². The van der Waals surface area contributed by atoms with Crippen molar-refractivity contribution in [3.05, 3.63) is 24.0 Å². The standard InChI is InChI=1S/C11H14F2N2O3/c1-2-18-10(16)6-14-11(17)8-4-3-5-15(8)7-9(12)13/h3-5,9H,2,6-7H2,1H3,(H,14,17). The predicted octanol–water partition coefficient (Wildman–Crippen LogP) is 1.05. The van der Waals surface area contributed by atoms with Gasteiger partial charge in [-0.15, -0.1) is 0 Å². The number of amides is 1. The number of carbonyl (C=O) groups is 2. The molecule has 0 bridgehead atoms. The zero-order valence-electron chi connectivity index (χ0n) is 9.86. The first-order valence-corrected chi connectivity index (χ1v) is 5.41. The molecule has 0 aliphatic rings. The van der Waals surface area contributed by atoms with Crippen LogP contribution >= 0.6 is 0 Å². The van der Waals surface area contributed by atoms with Gasteiger partial charge in [0.25, 0.3) is 12.3 Å². The maximum Gasteiger partial charge on any atom is 0.325 e. The highest BCUT2D eigenvalue weighted by atomic mass is 19.3. The summed E-state index contributed by atoms with van der Waals surface area (Å²) >= 11 is 0. The van der Waals surface area contributed by atoms with Crippen molar-refractivity contribution in [2.45, 2.75) is 19.9 Å². The van der Waals surface area contributed by atoms with Crippen molar-refractivity contribution in [1.29, 1.82) is 0 Å². The number of rotatable bonds is 6. The highest BCUT2D eigenvalue weighted by Gasteiger charge is 2.14. The molecular formula is C11H14F2N2O3. The van der Waals surface area contributed by atoms with Gasteiger partial charge in [-0.05, 0) is 19.1 Å². The molecule has 1 heterocycles. The van der Waals surface area contributed by atoms with Crippen LogP contribution in [0.3, 0.4) is 0 Å². The normalized spacial score (nSPS) is 10.4. The third kappa shape index (κ3) is 4.15. The Balaban J connectivity index is 2.56. The zero-order valence-corrected chi connectivity index (χ0v) is 9.86. The van der Waals surface area contributed by atoms with Crippen molar-refractivity contribution in [2.75, 3.05) is 13.2 Å². The fraction of sp³-hybridized carbons (Fsp3) is 0.455. The van der Waals surface area contributed by atoms with Crippen molar-refractivity contribution >= 4 is 11.9 Å². The molecule has 1 amide bonds. The molecule has 1 N–H and O–H groups in total. The van der Waals surface area contributed by atoms with E-state index in [0.29, 0.717) is 0 Å². The molecule has 0 fully saturated rings. The van der Waals surface area contributed by atoms with Crippen molar-refractivity contribution in [3.8, 4) is 0 Å². The fourth-order valence-electron chi connectivity index (χ4n) is 1.38. The molecule has 0 spiro atoms. The quantitative estimate of drug-likeness (QED) is 0.778. The second-order valence-corrected chi connectivity index (χ2v) is 3.42. The van der Waals surface area contributed by atoms with Gasteiger partial charge in [-0.1, -0.05) is 0 Å². The van der Waals surface area contributed by atoms with E-state index >= 15 is 0 Å².